The van der Waals surface area contributed by atoms with Crippen LogP contribution in [-0.2, 0) is 6.61 Å². The van der Waals surface area contributed by atoms with E-state index in [0.29, 0.717) is 33.5 Å². The molecule has 0 radical (unpaired) electrons. The van der Waals surface area contributed by atoms with Gasteiger partial charge < -0.3 is 19.7 Å². The first-order valence-corrected chi connectivity index (χ1v) is 10.2. The van der Waals surface area contributed by atoms with Crippen LogP contribution in [0, 0.1) is 10.1 Å². The molecule has 0 saturated carbocycles. The van der Waals surface area contributed by atoms with Crippen molar-refractivity contribution >= 4 is 34.6 Å². The molecule has 2 N–H and O–H groups in total. The fraction of sp³-hybridized carbons (Fsp3) is 0.227. The van der Waals surface area contributed by atoms with Crippen molar-refractivity contribution in [3.05, 3.63) is 75.0 Å². The molecule has 0 bridgehead atoms. The largest absolute Gasteiger partial charge is 0.459 e. The first-order chi connectivity index (χ1) is 15.0. The number of hydrogen-bond acceptors (Lipinski definition) is 6. The zero-order chi connectivity index (χ0) is 22.0. The topological polar surface area (TPSA) is 109 Å². The van der Waals surface area contributed by atoms with Crippen LogP contribution in [-0.4, -0.2) is 29.0 Å². The summed E-state index contributed by atoms with van der Waals surface area (Å²) in [6, 6.07) is 12.8. The molecule has 2 aromatic carbocycles. The Morgan fingerprint density at radius 2 is 1.94 bits per heavy atom. The van der Waals surface area contributed by atoms with Crippen molar-refractivity contribution in [2.75, 3.05) is 23.3 Å². The lowest BCUT2D eigenvalue weighted by Gasteiger charge is -2.17. The Morgan fingerprint density at radius 1 is 1.16 bits per heavy atom. The third-order valence-corrected chi connectivity index (χ3v) is 5.50. The molecule has 1 aliphatic heterocycles. The number of carbonyl (C=O) groups is 1. The third kappa shape index (κ3) is 4.40. The van der Waals surface area contributed by atoms with E-state index in [4.69, 9.17) is 21.1 Å². The molecule has 3 aromatic rings. The predicted octanol–water partition coefficient (Wildman–Crippen LogP) is 4.85. The van der Waals surface area contributed by atoms with E-state index in [9.17, 15) is 14.9 Å². The van der Waals surface area contributed by atoms with Crippen molar-refractivity contribution in [1.29, 1.82) is 0 Å². The Bertz CT molecular complexity index is 1140. The van der Waals surface area contributed by atoms with E-state index < -0.39 is 10.8 Å². The number of benzene rings is 2. The lowest BCUT2D eigenvalue weighted by molar-refractivity contribution is -0.384. The van der Waals surface area contributed by atoms with Crippen LogP contribution in [0.2, 0.25) is 5.02 Å². The van der Waals surface area contributed by atoms with Crippen LogP contribution in [0.25, 0.3) is 11.3 Å². The molecule has 9 heteroatoms. The van der Waals surface area contributed by atoms with E-state index in [1.807, 2.05) is 4.90 Å². The van der Waals surface area contributed by atoms with Crippen LogP contribution in [0.4, 0.5) is 17.1 Å². The summed E-state index contributed by atoms with van der Waals surface area (Å²) in [7, 11) is 0. The molecule has 1 amide bonds. The smallest absolute Gasteiger partial charge is 0.293 e. The summed E-state index contributed by atoms with van der Waals surface area (Å²) in [5, 5.41) is 23.8. The molecule has 1 aliphatic rings. The number of nitrogens with one attached hydrogen (secondary N) is 1. The molecule has 1 aromatic heterocycles. The second-order valence-corrected chi connectivity index (χ2v) is 7.63. The summed E-state index contributed by atoms with van der Waals surface area (Å²) in [5.74, 6) is 0.447. The first kappa shape index (κ1) is 20.9. The van der Waals surface area contributed by atoms with Crippen molar-refractivity contribution in [3.8, 4) is 11.3 Å². The van der Waals surface area contributed by atoms with Crippen molar-refractivity contribution in [1.82, 2.24) is 0 Å². The fourth-order valence-electron chi connectivity index (χ4n) is 3.64. The highest BCUT2D eigenvalue weighted by atomic mass is 35.5. The van der Waals surface area contributed by atoms with Crippen molar-refractivity contribution in [2.45, 2.75) is 19.4 Å². The van der Waals surface area contributed by atoms with Gasteiger partial charge in [-0.2, -0.15) is 0 Å². The zero-order valence-corrected chi connectivity index (χ0v) is 17.3. The van der Waals surface area contributed by atoms with Crippen LogP contribution >= 0.6 is 11.6 Å². The summed E-state index contributed by atoms with van der Waals surface area (Å²) in [6.07, 6.45) is 1.99. The fourth-order valence-corrected chi connectivity index (χ4v) is 3.91. The Hall–Kier alpha value is -3.36. The standard InChI is InChI=1S/C22H20ClN3O5/c23-18-12-15(4-6-17(18)21-8-5-16(13-27)31-21)24-22(28)14-3-7-19(20(11-14)26(29)30)25-9-1-2-10-25/h3-8,11-12,27H,1-2,9-10,13H2,(H,24,28). The number of anilines is 2. The number of halogens is 1. The Balaban J connectivity index is 1.54. The predicted molar refractivity (Wildman–Crippen MR) is 118 cm³/mol. The summed E-state index contributed by atoms with van der Waals surface area (Å²) < 4.78 is 5.49. The molecular weight excluding hydrogens is 422 g/mol. The van der Waals surface area contributed by atoms with Crippen LogP contribution < -0.4 is 10.2 Å². The molecule has 8 nitrogen and oxygen atoms in total. The monoisotopic (exact) mass is 441 g/mol. The Morgan fingerprint density at radius 3 is 2.58 bits per heavy atom. The van der Waals surface area contributed by atoms with Gasteiger partial charge in [-0.05, 0) is 55.3 Å². The number of nitro groups is 1. The average Bonchev–Trinajstić information content (AvgIpc) is 3.45. The van der Waals surface area contributed by atoms with E-state index in [0.717, 1.165) is 25.9 Å². The molecule has 1 saturated heterocycles. The Labute approximate surface area is 183 Å². The highest BCUT2D eigenvalue weighted by Gasteiger charge is 2.24. The van der Waals surface area contributed by atoms with Crippen LogP contribution in [0.3, 0.4) is 0 Å². The number of aliphatic hydroxyl groups excluding tert-OH is 1. The lowest BCUT2D eigenvalue weighted by atomic mass is 10.1. The maximum Gasteiger partial charge on any atom is 0.293 e. The van der Waals surface area contributed by atoms with E-state index >= 15 is 0 Å². The van der Waals surface area contributed by atoms with Gasteiger partial charge in [-0.3, -0.25) is 14.9 Å². The van der Waals surface area contributed by atoms with E-state index in [-0.39, 0.29) is 17.9 Å². The second kappa shape index (κ2) is 8.79. The molecule has 4 rings (SSSR count). The quantitative estimate of drug-likeness (QED) is 0.418. The number of hydrogen-bond donors (Lipinski definition) is 2. The highest BCUT2D eigenvalue weighted by molar-refractivity contribution is 6.33. The van der Waals surface area contributed by atoms with Gasteiger partial charge >= 0.3 is 0 Å². The first-order valence-electron chi connectivity index (χ1n) is 9.80. The maximum absolute atomic E-state index is 12.7. The lowest BCUT2D eigenvalue weighted by Crippen LogP contribution is -2.19. The maximum atomic E-state index is 12.7. The van der Waals surface area contributed by atoms with Gasteiger partial charge in [0.1, 0.15) is 23.8 Å². The normalized spacial score (nSPS) is 13.4. The number of furan rings is 1. The number of rotatable bonds is 6. The Kier molecular flexibility index (Phi) is 5.92. The van der Waals surface area contributed by atoms with Crippen LogP contribution in [0.5, 0.6) is 0 Å². The SMILES string of the molecule is O=C(Nc1ccc(-c2ccc(CO)o2)c(Cl)c1)c1ccc(N2CCCC2)c([N+](=O)[O-])c1. The minimum Gasteiger partial charge on any atom is -0.459 e. The van der Waals surface area contributed by atoms with E-state index in [1.54, 1.807) is 42.5 Å². The number of nitrogens with zero attached hydrogens (tertiary/aromatic N) is 2. The van der Waals surface area contributed by atoms with Gasteiger partial charge in [0, 0.05) is 36.0 Å². The van der Waals surface area contributed by atoms with Crippen molar-refractivity contribution < 1.29 is 19.2 Å². The van der Waals surface area contributed by atoms with Crippen molar-refractivity contribution in [3.63, 3.8) is 0 Å². The average molecular weight is 442 g/mol. The molecular formula is C22H20ClN3O5. The van der Waals surface area contributed by atoms with Gasteiger partial charge in [-0.25, -0.2) is 0 Å². The molecule has 160 valence electrons. The van der Waals surface area contributed by atoms with Crippen LogP contribution in [0.15, 0.2) is 52.9 Å². The molecule has 0 unspecified atom stereocenters. The molecule has 0 aliphatic carbocycles. The highest BCUT2D eigenvalue weighted by Crippen LogP contribution is 2.33. The van der Waals surface area contributed by atoms with Gasteiger partial charge in [0.05, 0.1) is 9.95 Å². The van der Waals surface area contributed by atoms with Gasteiger partial charge in [-0.15, -0.1) is 0 Å². The number of amides is 1. The van der Waals surface area contributed by atoms with Gasteiger partial charge in [0.2, 0.25) is 0 Å². The summed E-state index contributed by atoms with van der Waals surface area (Å²) in [4.78, 5) is 25.8. The number of carbonyl (C=O) groups excluding carboxylic acids is 1. The van der Waals surface area contributed by atoms with Gasteiger partial charge in [0.15, 0.2) is 0 Å². The minimum absolute atomic E-state index is 0.0829. The van der Waals surface area contributed by atoms with E-state index in [1.165, 1.54) is 6.07 Å². The second-order valence-electron chi connectivity index (χ2n) is 7.23. The molecule has 2 heterocycles. The van der Waals surface area contributed by atoms with E-state index in [2.05, 4.69) is 5.32 Å². The van der Waals surface area contributed by atoms with Crippen LogP contribution in [0.1, 0.15) is 29.0 Å². The third-order valence-electron chi connectivity index (χ3n) is 5.19. The number of nitro benzene ring substituents is 1. The van der Waals surface area contributed by atoms with Crippen molar-refractivity contribution in [2.24, 2.45) is 0 Å². The van der Waals surface area contributed by atoms with Gasteiger partial charge in [-0.1, -0.05) is 11.6 Å². The molecule has 1 fully saturated rings. The minimum atomic E-state index is -0.472. The summed E-state index contributed by atoms with van der Waals surface area (Å²) in [5.41, 5.74) is 1.70. The van der Waals surface area contributed by atoms with Gasteiger partial charge in [0.25, 0.3) is 11.6 Å². The molecule has 0 atom stereocenters. The molecule has 31 heavy (non-hydrogen) atoms. The summed E-state index contributed by atoms with van der Waals surface area (Å²) >= 11 is 6.34. The summed E-state index contributed by atoms with van der Waals surface area (Å²) in [6.45, 7) is 1.33. The zero-order valence-electron chi connectivity index (χ0n) is 16.5. The molecule has 0 spiro atoms. The number of aliphatic hydroxyl groups is 1.